The van der Waals surface area contributed by atoms with Crippen LogP contribution in [0.15, 0.2) is 28.1 Å². The first-order valence-corrected chi connectivity index (χ1v) is 9.41. The summed E-state index contributed by atoms with van der Waals surface area (Å²) in [5.74, 6) is 1.10. The molecule has 0 bridgehead atoms. The van der Waals surface area contributed by atoms with Crippen LogP contribution in [0.3, 0.4) is 0 Å². The highest BCUT2D eigenvalue weighted by atomic mass is 35.5. The van der Waals surface area contributed by atoms with Crippen LogP contribution in [-0.2, 0) is 0 Å². The second-order valence-electron chi connectivity index (χ2n) is 5.83. The third kappa shape index (κ3) is 3.43. The van der Waals surface area contributed by atoms with Crippen molar-refractivity contribution in [2.24, 2.45) is 0 Å². The minimum Gasteiger partial charge on any atom is -0.332 e. The number of nitrogens with zero attached hydrogens (tertiary/aromatic N) is 4. The topological polar surface area (TPSA) is 67.1 Å². The van der Waals surface area contributed by atoms with Crippen molar-refractivity contribution in [1.29, 1.82) is 0 Å². The number of hydrogen-bond acceptors (Lipinski definition) is 7. The molecule has 3 heterocycles. The maximum Gasteiger partial charge on any atom is 0.277 e. The molecule has 0 saturated carbocycles. The van der Waals surface area contributed by atoms with Gasteiger partial charge in [0.15, 0.2) is 5.82 Å². The third-order valence-electron chi connectivity index (χ3n) is 4.14. The molecule has 1 aliphatic heterocycles. The normalized spacial score (nSPS) is 18.6. The van der Waals surface area contributed by atoms with E-state index in [1.807, 2.05) is 11.4 Å². The zero-order chi connectivity index (χ0) is 17.4. The molecule has 9 heteroatoms. The summed E-state index contributed by atoms with van der Waals surface area (Å²) in [4.78, 5) is 11.3. The van der Waals surface area contributed by atoms with Crippen LogP contribution in [0.2, 0.25) is 10.0 Å². The monoisotopic (exact) mass is 395 g/mol. The van der Waals surface area contributed by atoms with Gasteiger partial charge in [-0.3, -0.25) is 4.90 Å². The number of likely N-dealkylation sites (N-methyl/N-ethyl adjacent to an activating group) is 1. The van der Waals surface area contributed by atoms with Crippen molar-refractivity contribution < 1.29 is 4.52 Å². The lowest BCUT2D eigenvalue weighted by Gasteiger charge is -2.30. The average molecular weight is 396 g/mol. The molecule has 1 fully saturated rings. The van der Waals surface area contributed by atoms with Crippen LogP contribution in [0.4, 0.5) is 0 Å². The van der Waals surface area contributed by atoms with E-state index in [2.05, 4.69) is 32.4 Å². The standard InChI is InChI=1S/C16H15Cl2N5OS/c1-23-5-4-19-7-13(23)14-21-15(24-22-14)12-8-25-16(20-12)9-2-3-10(17)11(18)6-9/h2-3,6,8,13,19H,4-5,7H2,1H3. The molecule has 4 rings (SSSR count). The first-order chi connectivity index (χ1) is 12.1. The molecule has 1 saturated heterocycles. The summed E-state index contributed by atoms with van der Waals surface area (Å²) in [6, 6.07) is 5.56. The van der Waals surface area contributed by atoms with Crippen LogP contribution in [-0.4, -0.2) is 46.7 Å². The van der Waals surface area contributed by atoms with Crippen molar-refractivity contribution in [3.8, 4) is 22.2 Å². The Kier molecular flexibility index (Phi) is 4.75. The Balaban J connectivity index is 1.59. The summed E-state index contributed by atoms with van der Waals surface area (Å²) in [7, 11) is 2.06. The van der Waals surface area contributed by atoms with Crippen molar-refractivity contribution in [3.63, 3.8) is 0 Å². The predicted octanol–water partition coefficient (Wildman–Crippen LogP) is 3.74. The van der Waals surface area contributed by atoms with Gasteiger partial charge in [0.05, 0.1) is 16.1 Å². The summed E-state index contributed by atoms with van der Waals surface area (Å²) < 4.78 is 5.43. The quantitative estimate of drug-likeness (QED) is 0.728. The van der Waals surface area contributed by atoms with E-state index in [-0.39, 0.29) is 6.04 Å². The van der Waals surface area contributed by atoms with E-state index in [0.717, 1.165) is 30.2 Å². The summed E-state index contributed by atoms with van der Waals surface area (Å²) >= 11 is 13.5. The number of benzene rings is 1. The van der Waals surface area contributed by atoms with Gasteiger partial charge in [-0.2, -0.15) is 4.98 Å². The molecule has 1 unspecified atom stereocenters. The van der Waals surface area contributed by atoms with Crippen LogP contribution < -0.4 is 5.32 Å². The molecular formula is C16H15Cl2N5OS. The van der Waals surface area contributed by atoms with E-state index >= 15 is 0 Å². The number of hydrogen-bond donors (Lipinski definition) is 1. The van der Waals surface area contributed by atoms with Crippen LogP contribution in [0.1, 0.15) is 11.9 Å². The molecule has 0 radical (unpaired) electrons. The van der Waals surface area contributed by atoms with Gasteiger partial charge in [0, 0.05) is 30.6 Å². The molecule has 1 N–H and O–H groups in total. The van der Waals surface area contributed by atoms with Crippen molar-refractivity contribution in [2.45, 2.75) is 6.04 Å². The van der Waals surface area contributed by atoms with E-state index in [1.54, 1.807) is 12.1 Å². The minimum atomic E-state index is 0.111. The summed E-state index contributed by atoms with van der Waals surface area (Å²) in [5, 5.41) is 11.2. The lowest BCUT2D eigenvalue weighted by Crippen LogP contribution is -2.44. The molecule has 0 spiro atoms. The molecular weight excluding hydrogens is 381 g/mol. The number of thiazole rings is 1. The first kappa shape index (κ1) is 16.9. The molecule has 2 aromatic heterocycles. The van der Waals surface area contributed by atoms with Crippen molar-refractivity contribution in [3.05, 3.63) is 39.4 Å². The average Bonchev–Trinajstić information content (AvgIpc) is 3.27. The predicted molar refractivity (Wildman–Crippen MR) is 99.1 cm³/mol. The Morgan fingerprint density at radius 3 is 2.96 bits per heavy atom. The zero-order valence-electron chi connectivity index (χ0n) is 13.4. The number of aromatic nitrogens is 3. The largest absolute Gasteiger partial charge is 0.332 e. The maximum atomic E-state index is 6.08. The van der Waals surface area contributed by atoms with E-state index in [0.29, 0.717) is 27.5 Å². The van der Waals surface area contributed by atoms with Gasteiger partial charge in [0.25, 0.3) is 5.89 Å². The highest BCUT2D eigenvalue weighted by molar-refractivity contribution is 7.13. The van der Waals surface area contributed by atoms with Gasteiger partial charge < -0.3 is 9.84 Å². The lowest BCUT2D eigenvalue weighted by atomic mass is 10.2. The third-order valence-corrected chi connectivity index (χ3v) is 5.77. The fourth-order valence-electron chi connectivity index (χ4n) is 2.70. The van der Waals surface area contributed by atoms with Gasteiger partial charge in [0.1, 0.15) is 10.7 Å². The minimum absolute atomic E-state index is 0.111. The Labute approximate surface area is 158 Å². The van der Waals surface area contributed by atoms with E-state index in [4.69, 9.17) is 27.7 Å². The van der Waals surface area contributed by atoms with E-state index in [9.17, 15) is 0 Å². The first-order valence-electron chi connectivity index (χ1n) is 7.77. The molecule has 0 aliphatic carbocycles. The SMILES string of the molecule is CN1CCNCC1c1noc(-c2csc(-c3ccc(Cl)c(Cl)c3)n2)n1. The van der Waals surface area contributed by atoms with Gasteiger partial charge in [0.2, 0.25) is 0 Å². The molecule has 25 heavy (non-hydrogen) atoms. The molecule has 0 amide bonds. The summed E-state index contributed by atoms with van der Waals surface area (Å²) in [6.07, 6.45) is 0. The van der Waals surface area contributed by atoms with Crippen LogP contribution >= 0.6 is 34.5 Å². The molecule has 1 aromatic carbocycles. The smallest absolute Gasteiger partial charge is 0.277 e. The van der Waals surface area contributed by atoms with Gasteiger partial charge in [-0.15, -0.1) is 11.3 Å². The highest BCUT2D eigenvalue weighted by Gasteiger charge is 2.26. The molecule has 3 aromatic rings. The lowest BCUT2D eigenvalue weighted by molar-refractivity contribution is 0.190. The van der Waals surface area contributed by atoms with Crippen LogP contribution in [0.5, 0.6) is 0 Å². The maximum absolute atomic E-state index is 6.08. The van der Waals surface area contributed by atoms with Crippen molar-refractivity contribution >= 4 is 34.5 Å². The molecule has 1 atom stereocenters. The number of piperazine rings is 1. The number of halogens is 2. The second kappa shape index (κ2) is 7.01. The summed E-state index contributed by atoms with van der Waals surface area (Å²) in [6.45, 7) is 2.73. The van der Waals surface area contributed by atoms with Gasteiger partial charge in [-0.05, 0) is 19.2 Å². The Hall–Kier alpha value is -1.51. The fraction of sp³-hybridized carbons (Fsp3) is 0.312. The van der Waals surface area contributed by atoms with Crippen LogP contribution in [0.25, 0.3) is 22.2 Å². The van der Waals surface area contributed by atoms with E-state index < -0.39 is 0 Å². The summed E-state index contributed by atoms with van der Waals surface area (Å²) in [5.41, 5.74) is 1.57. The fourth-order valence-corrected chi connectivity index (χ4v) is 3.79. The van der Waals surface area contributed by atoms with Crippen molar-refractivity contribution in [2.75, 3.05) is 26.7 Å². The van der Waals surface area contributed by atoms with E-state index in [1.165, 1.54) is 11.3 Å². The zero-order valence-corrected chi connectivity index (χ0v) is 15.7. The highest BCUT2D eigenvalue weighted by Crippen LogP contribution is 2.32. The Bertz CT molecular complexity index is 896. The Morgan fingerprint density at radius 2 is 2.16 bits per heavy atom. The Morgan fingerprint density at radius 1 is 1.28 bits per heavy atom. The van der Waals surface area contributed by atoms with Gasteiger partial charge in [-0.25, -0.2) is 4.98 Å². The van der Waals surface area contributed by atoms with Crippen molar-refractivity contribution in [1.82, 2.24) is 25.3 Å². The number of rotatable bonds is 3. The molecule has 1 aliphatic rings. The van der Waals surface area contributed by atoms with Crippen LogP contribution in [0, 0.1) is 0 Å². The number of nitrogens with one attached hydrogen (secondary N) is 1. The van der Waals surface area contributed by atoms with Gasteiger partial charge >= 0.3 is 0 Å². The second-order valence-corrected chi connectivity index (χ2v) is 7.50. The molecule has 130 valence electrons. The molecule has 6 nitrogen and oxygen atoms in total. The van der Waals surface area contributed by atoms with Gasteiger partial charge in [-0.1, -0.05) is 34.4 Å².